The van der Waals surface area contributed by atoms with E-state index < -0.39 is 0 Å². The molecule has 1 aromatic heterocycles. The molecule has 0 aliphatic heterocycles. The molecule has 0 aliphatic rings. The third kappa shape index (κ3) is 3.47. The normalized spacial score (nSPS) is 10.3. The van der Waals surface area contributed by atoms with Crippen molar-refractivity contribution in [2.75, 3.05) is 0 Å². The number of ether oxygens (including phenoxy) is 1. The lowest BCUT2D eigenvalue weighted by Crippen LogP contribution is -1.96. The molecular weight excluding hydrogens is 328 g/mol. The summed E-state index contributed by atoms with van der Waals surface area (Å²) < 4.78 is 6.83. The Bertz CT molecular complexity index is 717. The molecule has 0 saturated heterocycles. The minimum Gasteiger partial charge on any atom is -0.488 e. The maximum Gasteiger partial charge on any atom is 0.134 e. The van der Waals surface area contributed by atoms with Crippen LogP contribution < -0.4 is 4.74 Å². The molecular formula is C17H13BrN2O. The lowest BCUT2D eigenvalue weighted by atomic mass is 10.1. The summed E-state index contributed by atoms with van der Waals surface area (Å²) in [4.78, 5) is 8.09. The summed E-state index contributed by atoms with van der Waals surface area (Å²) in [6.45, 7) is 0.536. The summed E-state index contributed by atoms with van der Waals surface area (Å²) in [5, 5.41) is 0. The van der Waals surface area contributed by atoms with Gasteiger partial charge in [-0.05, 0) is 39.2 Å². The van der Waals surface area contributed by atoms with Gasteiger partial charge in [0.2, 0.25) is 0 Å². The molecule has 0 bridgehead atoms. The number of halogens is 1. The van der Waals surface area contributed by atoms with Crippen molar-refractivity contribution in [3.05, 3.63) is 77.3 Å². The molecule has 4 heteroatoms. The van der Waals surface area contributed by atoms with E-state index in [-0.39, 0.29) is 0 Å². The Kier molecular flexibility index (Phi) is 4.26. The van der Waals surface area contributed by atoms with Gasteiger partial charge in [0, 0.05) is 18.0 Å². The van der Waals surface area contributed by atoms with Crippen molar-refractivity contribution in [1.29, 1.82) is 0 Å². The number of nitrogens with zero attached hydrogens (tertiary/aromatic N) is 2. The van der Waals surface area contributed by atoms with E-state index in [9.17, 15) is 0 Å². The Morgan fingerprint density at radius 2 is 1.67 bits per heavy atom. The van der Waals surface area contributed by atoms with E-state index in [4.69, 9.17) is 4.74 Å². The van der Waals surface area contributed by atoms with E-state index in [1.807, 2.05) is 48.5 Å². The molecule has 0 atom stereocenters. The Balaban J connectivity index is 1.82. The molecule has 1 heterocycles. The van der Waals surface area contributed by atoms with Crippen LogP contribution >= 0.6 is 15.9 Å². The van der Waals surface area contributed by atoms with E-state index in [1.165, 1.54) is 6.33 Å². The third-order valence-corrected chi connectivity index (χ3v) is 3.72. The van der Waals surface area contributed by atoms with Crippen molar-refractivity contribution >= 4 is 15.9 Å². The summed E-state index contributed by atoms with van der Waals surface area (Å²) in [7, 11) is 0. The quantitative estimate of drug-likeness (QED) is 0.702. The van der Waals surface area contributed by atoms with Gasteiger partial charge in [0.05, 0.1) is 4.47 Å². The number of benzene rings is 2. The fraction of sp³-hybridized carbons (Fsp3) is 0.0588. The van der Waals surface area contributed by atoms with Crippen LogP contribution in [0.15, 0.2) is 71.7 Å². The number of hydrogen-bond donors (Lipinski definition) is 0. The van der Waals surface area contributed by atoms with Crippen LogP contribution in [0.25, 0.3) is 11.1 Å². The highest BCUT2D eigenvalue weighted by atomic mass is 79.9. The van der Waals surface area contributed by atoms with Crippen LogP contribution in [0.1, 0.15) is 5.56 Å². The van der Waals surface area contributed by atoms with Gasteiger partial charge in [-0.2, -0.15) is 0 Å². The SMILES string of the molecule is Brc1ccc(-c2cncnc2)cc1OCc1ccccc1. The molecule has 2 aromatic carbocycles. The van der Waals surface area contributed by atoms with Crippen LogP contribution in [-0.2, 0) is 6.61 Å². The zero-order valence-electron chi connectivity index (χ0n) is 11.2. The second-order valence-electron chi connectivity index (χ2n) is 4.55. The fourth-order valence-electron chi connectivity index (χ4n) is 1.98. The van der Waals surface area contributed by atoms with Crippen molar-refractivity contribution < 1.29 is 4.74 Å². The first kappa shape index (κ1) is 13.8. The monoisotopic (exact) mass is 340 g/mol. The lowest BCUT2D eigenvalue weighted by molar-refractivity contribution is 0.304. The molecule has 3 nitrogen and oxygen atoms in total. The standard InChI is InChI=1S/C17H13BrN2O/c18-16-7-6-14(15-9-19-12-20-10-15)8-17(16)21-11-13-4-2-1-3-5-13/h1-10,12H,11H2. The van der Waals surface area contributed by atoms with E-state index in [0.717, 1.165) is 26.9 Å². The van der Waals surface area contributed by atoms with Crippen molar-refractivity contribution in [2.24, 2.45) is 0 Å². The molecule has 0 spiro atoms. The zero-order chi connectivity index (χ0) is 14.5. The summed E-state index contributed by atoms with van der Waals surface area (Å²) in [6, 6.07) is 16.1. The van der Waals surface area contributed by atoms with Gasteiger partial charge in [0.15, 0.2) is 0 Å². The van der Waals surface area contributed by atoms with E-state index >= 15 is 0 Å². The van der Waals surface area contributed by atoms with Gasteiger partial charge < -0.3 is 4.74 Å². The van der Waals surface area contributed by atoms with Crippen LogP contribution in [0, 0.1) is 0 Å². The second kappa shape index (κ2) is 6.50. The molecule has 3 rings (SSSR count). The molecule has 21 heavy (non-hydrogen) atoms. The van der Waals surface area contributed by atoms with Crippen LogP contribution in [-0.4, -0.2) is 9.97 Å². The highest BCUT2D eigenvalue weighted by Gasteiger charge is 2.05. The van der Waals surface area contributed by atoms with Gasteiger partial charge in [0.25, 0.3) is 0 Å². The van der Waals surface area contributed by atoms with E-state index in [0.29, 0.717) is 6.61 Å². The van der Waals surface area contributed by atoms with E-state index in [2.05, 4.69) is 25.9 Å². The second-order valence-corrected chi connectivity index (χ2v) is 5.40. The molecule has 0 N–H and O–H groups in total. The topological polar surface area (TPSA) is 35.0 Å². The Morgan fingerprint density at radius 3 is 2.43 bits per heavy atom. The van der Waals surface area contributed by atoms with Crippen molar-refractivity contribution in [1.82, 2.24) is 9.97 Å². The largest absolute Gasteiger partial charge is 0.488 e. The van der Waals surface area contributed by atoms with Gasteiger partial charge in [0.1, 0.15) is 18.7 Å². The van der Waals surface area contributed by atoms with Crippen LogP contribution in [0.4, 0.5) is 0 Å². The maximum atomic E-state index is 5.90. The highest BCUT2D eigenvalue weighted by Crippen LogP contribution is 2.31. The van der Waals surface area contributed by atoms with Crippen LogP contribution in [0.3, 0.4) is 0 Å². The van der Waals surface area contributed by atoms with Gasteiger partial charge in [-0.15, -0.1) is 0 Å². The van der Waals surface area contributed by atoms with Crippen LogP contribution in [0.5, 0.6) is 5.75 Å². The maximum absolute atomic E-state index is 5.90. The molecule has 0 amide bonds. The Morgan fingerprint density at radius 1 is 0.905 bits per heavy atom. The first-order valence-corrected chi connectivity index (χ1v) is 7.34. The zero-order valence-corrected chi connectivity index (χ0v) is 12.8. The van der Waals surface area contributed by atoms with E-state index in [1.54, 1.807) is 12.4 Å². The molecule has 3 aromatic rings. The summed E-state index contributed by atoms with van der Waals surface area (Å²) >= 11 is 3.52. The summed E-state index contributed by atoms with van der Waals surface area (Å²) in [6.07, 6.45) is 5.10. The number of hydrogen-bond acceptors (Lipinski definition) is 3. The van der Waals surface area contributed by atoms with Crippen LogP contribution in [0.2, 0.25) is 0 Å². The number of rotatable bonds is 4. The van der Waals surface area contributed by atoms with Gasteiger partial charge in [-0.1, -0.05) is 36.4 Å². The average molecular weight is 341 g/mol. The summed E-state index contributed by atoms with van der Waals surface area (Å²) in [5.41, 5.74) is 3.13. The smallest absolute Gasteiger partial charge is 0.134 e. The average Bonchev–Trinajstić information content (AvgIpc) is 2.56. The molecule has 0 radical (unpaired) electrons. The fourth-order valence-corrected chi connectivity index (χ4v) is 2.34. The predicted octanol–water partition coefficient (Wildman–Crippen LogP) is 4.49. The van der Waals surface area contributed by atoms with Crippen molar-refractivity contribution in [2.45, 2.75) is 6.61 Å². The molecule has 0 saturated carbocycles. The molecule has 0 unspecified atom stereocenters. The molecule has 0 fully saturated rings. The van der Waals surface area contributed by atoms with Gasteiger partial charge in [-0.3, -0.25) is 0 Å². The number of aromatic nitrogens is 2. The Labute approximate surface area is 131 Å². The first-order valence-electron chi connectivity index (χ1n) is 6.54. The lowest BCUT2D eigenvalue weighted by Gasteiger charge is -2.10. The molecule has 0 aliphatic carbocycles. The highest BCUT2D eigenvalue weighted by molar-refractivity contribution is 9.10. The Hall–Kier alpha value is -2.20. The minimum atomic E-state index is 0.536. The van der Waals surface area contributed by atoms with Crippen molar-refractivity contribution in [3.63, 3.8) is 0 Å². The molecule has 104 valence electrons. The van der Waals surface area contributed by atoms with Gasteiger partial charge >= 0.3 is 0 Å². The van der Waals surface area contributed by atoms with Crippen molar-refractivity contribution in [3.8, 4) is 16.9 Å². The van der Waals surface area contributed by atoms with Gasteiger partial charge in [-0.25, -0.2) is 9.97 Å². The first-order chi connectivity index (χ1) is 10.3. The predicted molar refractivity (Wildman–Crippen MR) is 85.9 cm³/mol. The summed E-state index contributed by atoms with van der Waals surface area (Å²) in [5.74, 6) is 0.806. The third-order valence-electron chi connectivity index (χ3n) is 3.06. The minimum absolute atomic E-state index is 0.536.